The largest absolute Gasteiger partial charge is 0.308 e. The van der Waals surface area contributed by atoms with Crippen LogP contribution in [0.3, 0.4) is 0 Å². The molecule has 0 saturated heterocycles. The molecule has 2 aliphatic rings. The molecule has 2 unspecified atom stereocenters. The normalized spacial score (nSPS) is 22.3. The summed E-state index contributed by atoms with van der Waals surface area (Å²) in [6.07, 6.45) is 19.4. The highest BCUT2D eigenvalue weighted by Crippen LogP contribution is 2.25. The van der Waals surface area contributed by atoms with Crippen molar-refractivity contribution in [2.24, 2.45) is 16.8 Å². The number of thioether (sulfide) groups is 1. The van der Waals surface area contributed by atoms with E-state index >= 15 is 0 Å². The van der Waals surface area contributed by atoms with Crippen molar-refractivity contribution in [1.82, 2.24) is 4.90 Å². The fourth-order valence-corrected chi connectivity index (χ4v) is 4.01. The molecule has 0 aromatic rings. The molecule has 1 heterocycles. The summed E-state index contributed by atoms with van der Waals surface area (Å²) in [4.78, 5) is 19.5. The second-order valence-corrected chi connectivity index (χ2v) is 9.10. The van der Waals surface area contributed by atoms with Crippen LogP contribution in [-0.4, -0.2) is 41.1 Å². The molecule has 0 fully saturated rings. The molecule has 1 aliphatic heterocycles. The minimum absolute atomic E-state index is 0.146. The van der Waals surface area contributed by atoms with Gasteiger partial charge in [-0.25, -0.2) is 0 Å². The van der Waals surface area contributed by atoms with Crippen molar-refractivity contribution >= 4 is 23.4 Å². The van der Waals surface area contributed by atoms with E-state index in [4.69, 9.17) is 4.99 Å². The lowest BCUT2D eigenvalue weighted by Gasteiger charge is -2.32. The molecular formula is C24H36N2OS. The molecule has 0 aromatic heterocycles. The molecule has 1 aliphatic carbocycles. The van der Waals surface area contributed by atoms with Gasteiger partial charge in [-0.05, 0) is 63.7 Å². The van der Waals surface area contributed by atoms with Gasteiger partial charge < -0.3 is 4.90 Å². The summed E-state index contributed by atoms with van der Waals surface area (Å²) in [6.45, 7) is 9.28. The first kappa shape index (κ1) is 22.7. The van der Waals surface area contributed by atoms with Crippen molar-refractivity contribution in [3.63, 3.8) is 0 Å². The molecule has 4 heteroatoms. The molecule has 2 rings (SSSR count). The van der Waals surface area contributed by atoms with Gasteiger partial charge in [0.15, 0.2) is 0 Å². The van der Waals surface area contributed by atoms with Crippen molar-refractivity contribution in [1.29, 1.82) is 0 Å². The van der Waals surface area contributed by atoms with Gasteiger partial charge in [0.25, 0.3) is 0 Å². The first-order chi connectivity index (χ1) is 13.4. The average Bonchev–Trinajstić information content (AvgIpc) is 2.64. The predicted octanol–water partition coefficient (Wildman–Crippen LogP) is 5.81. The number of carbonyl (C=O) groups excluding carboxylic acids is 1. The van der Waals surface area contributed by atoms with Crippen LogP contribution >= 0.6 is 11.8 Å². The topological polar surface area (TPSA) is 32.7 Å². The highest BCUT2D eigenvalue weighted by molar-refractivity contribution is 7.98. The lowest BCUT2D eigenvalue weighted by molar-refractivity contribution is -0.129. The van der Waals surface area contributed by atoms with Crippen molar-refractivity contribution in [3.05, 3.63) is 47.7 Å². The summed E-state index contributed by atoms with van der Waals surface area (Å²) < 4.78 is 0. The van der Waals surface area contributed by atoms with Crippen LogP contribution in [0, 0.1) is 11.8 Å². The van der Waals surface area contributed by atoms with Gasteiger partial charge in [-0.2, -0.15) is 11.8 Å². The molecule has 0 N–H and O–H groups in total. The minimum Gasteiger partial charge on any atom is -0.308 e. The highest BCUT2D eigenvalue weighted by Gasteiger charge is 2.26. The lowest BCUT2D eigenvalue weighted by atomic mass is 9.93. The summed E-state index contributed by atoms with van der Waals surface area (Å²) in [7, 11) is 0. The Labute approximate surface area is 175 Å². The van der Waals surface area contributed by atoms with Crippen LogP contribution in [0.15, 0.2) is 52.7 Å². The molecule has 28 heavy (non-hydrogen) atoms. The van der Waals surface area contributed by atoms with E-state index in [1.807, 2.05) is 18.1 Å². The number of hydrogen-bond donors (Lipinski definition) is 0. The zero-order valence-electron chi connectivity index (χ0n) is 18.1. The van der Waals surface area contributed by atoms with E-state index in [-0.39, 0.29) is 11.9 Å². The Kier molecular flexibility index (Phi) is 9.30. The van der Waals surface area contributed by atoms with Crippen molar-refractivity contribution in [2.75, 3.05) is 18.6 Å². The summed E-state index contributed by atoms with van der Waals surface area (Å²) in [5.74, 6) is 2.06. The summed E-state index contributed by atoms with van der Waals surface area (Å²) in [5.41, 5.74) is 3.39. The molecule has 3 nitrogen and oxygen atoms in total. The zero-order chi connectivity index (χ0) is 20.5. The second-order valence-electron chi connectivity index (χ2n) is 8.12. The van der Waals surface area contributed by atoms with Crippen molar-refractivity contribution in [3.8, 4) is 0 Å². The quantitative estimate of drug-likeness (QED) is 0.515. The van der Waals surface area contributed by atoms with Gasteiger partial charge in [0.05, 0.1) is 11.4 Å². The summed E-state index contributed by atoms with van der Waals surface area (Å²) >= 11 is 1.72. The Morgan fingerprint density at radius 3 is 2.89 bits per heavy atom. The van der Waals surface area contributed by atoms with Crippen LogP contribution in [0.25, 0.3) is 0 Å². The molecule has 0 aromatic carbocycles. The number of dihydropyridines is 1. The molecule has 2 atom stereocenters. The first-order valence-corrected chi connectivity index (χ1v) is 11.9. The molecule has 0 radical (unpaired) electrons. The van der Waals surface area contributed by atoms with Gasteiger partial charge in [-0.3, -0.25) is 9.79 Å². The number of carbonyl (C=O) groups is 1. The third-order valence-electron chi connectivity index (χ3n) is 5.29. The van der Waals surface area contributed by atoms with Crippen LogP contribution in [0.2, 0.25) is 0 Å². The fraction of sp³-hybridized carbons (Fsp3) is 0.583. The monoisotopic (exact) mass is 400 g/mol. The number of nitrogens with zero attached hydrogens (tertiary/aromatic N) is 2. The summed E-state index contributed by atoms with van der Waals surface area (Å²) in [6, 6.07) is 0.146. The maximum Gasteiger partial charge on any atom is 0.228 e. The first-order valence-electron chi connectivity index (χ1n) is 10.5. The smallest absolute Gasteiger partial charge is 0.228 e. The number of amides is 1. The molecule has 1 amide bonds. The Morgan fingerprint density at radius 1 is 1.39 bits per heavy atom. The van der Waals surface area contributed by atoms with E-state index in [9.17, 15) is 4.79 Å². The Bertz CT molecular complexity index is 685. The van der Waals surface area contributed by atoms with Crippen LogP contribution < -0.4 is 0 Å². The van der Waals surface area contributed by atoms with Crippen molar-refractivity contribution < 1.29 is 4.79 Å². The predicted molar refractivity (Wildman–Crippen MR) is 124 cm³/mol. The standard InChI is InChI=1S/C24H36N2OS/c1-18(2)26(24(27)14-15-28-5)23-16-22(17-25-20(23)4)13-12-21-10-6-8-19(3)9-7-11-21/h6-8,10-11,16,18-19,22H,9,12-15,17H2,1-5H3. The van der Waals surface area contributed by atoms with E-state index in [1.165, 1.54) is 5.57 Å². The number of rotatable bonds is 8. The van der Waals surface area contributed by atoms with Crippen LogP contribution in [0.4, 0.5) is 0 Å². The highest BCUT2D eigenvalue weighted by atomic mass is 32.2. The molecule has 154 valence electrons. The van der Waals surface area contributed by atoms with E-state index in [0.717, 1.165) is 43.0 Å². The van der Waals surface area contributed by atoms with E-state index in [1.54, 1.807) is 11.8 Å². The molecular weight excluding hydrogens is 364 g/mol. The van der Waals surface area contributed by atoms with Crippen LogP contribution in [0.1, 0.15) is 53.4 Å². The van der Waals surface area contributed by atoms with E-state index in [2.05, 4.69) is 57.2 Å². The van der Waals surface area contributed by atoms with Gasteiger partial charge >= 0.3 is 0 Å². The molecule has 0 spiro atoms. The van der Waals surface area contributed by atoms with Gasteiger partial charge in [0.2, 0.25) is 5.91 Å². The third kappa shape index (κ3) is 6.80. The number of aliphatic imine (C=N–C) groups is 1. The van der Waals surface area contributed by atoms with Gasteiger partial charge in [0, 0.05) is 24.8 Å². The van der Waals surface area contributed by atoms with Crippen LogP contribution in [-0.2, 0) is 4.79 Å². The summed E-state index contributed by atoms with van der Waals surface area (Å²) in [5, 5.41) is 0. The Hall–Kier alpha value is -1.55. The zero-order valence-corrected chi connectivity index (χ0v) is 19.0. The van der Waals surface area contributed by atoms with E-state index < -0.39 is 0 Å². The second kappa shape index (κ2) is 11.5. The van der Waals surface area contributed by atoms with Gasteiger partial charge in [-0.15, -0.1) is 0 Å². The molecule has 0 saturated carbocycles. The number of allylic oxidation sites excluding steroid dienone is 7. The minimum atomic E-state index is 0.146. The maximum atomic E-state index is 12.8. The van der Waals surface area contributed by atoms with Crippen LogP contribution in [0.5, 0.6) is 0 Å². The lowest BCUT2D eigenvalue weighted by Crippen LogP contribution is -2.40. The maximum absolute atomic E-state index is 12.8. The fourth-order valence-electron chi connectivity index (χ4n) is 3.63. The number of hydrogen-bond acceptors (Lipinski definition) is 3. The SMILES string of the molecule is CSCCC(=O)N(C1=CC(CCC2=CC=CC(C)CC=C2)CN=C1C)C(C)C. The third-order valence-corrected chi connectivity index (χ3v) is 5.90. The van der Waals surface area contributed by atoms with Gasteiger partial charge in [-0.1, -0.05) is 43.4 Å². The Balaban J connectivity index is 2.08. The van der Waals surface area contributed by atoms with E-state index in [0.29, 0.717) is 18.3 Å². The van der Waals surface area contributed by atoms with Crippen molar-refractivity contribution in [2.45, 2.75) is 59.4 Å². The molecule has 0 bridgehead atoms. The Morgan fingerprint density at radius 2 is 2.18 bits per heavy atom. The van der Waals surface area contributed by atoms with Gasteiger partial charge in [0.1, 0.15) is 0 Å². The average molecular weight is 401 g/mol.